The molecule has 3 rings (SSSR count). The van der Waals surface area contributed by atoms with Crippen LogP contribution in [-0.2, 0) is 11.2 Å². The summed E-state index contributed by atoms with van der Waals surface area (Å²) < 4.78 is 5.63. The second-order valence-corrected chi connectivity index (χ2v) is 6.35. The number of benzene rings is 1. The van der Waals surface area contributed by atoms with Crippen LogP contribution < -0.4 is 11.3 Å². The molecule has 0 radical (unpaired) electrons. The first-order chi connectivity index (χ1) is 9.80. The molecule has 3 heteroatoms. The van der Waals surface area contributed by atoms with Crippen LogP contribution in [-0.4, -0.2) is 18.8 Å². The number of hydrogen-bond acceptors (Lipinski definition) is 3. The molecule has 2 unspecified atom stereocenters. The zero-order chi connectivity index (χ0) is 13.9. The van der Waals surface area contributed by atoms with E-state index in [0.29, 0.717) is 18.1 Å². The third-order valence-electron chi connectivity index (χ3n) is 4.98. The largest absolute Gasteiger partial charge is 0.378 e. The zero-order valence-electron chi connectivity index (χ0n) is 12.3. The lowest BCUT2D eigenvalue weighted by Gasteiger charge is -2.39. The third kappa shape index (κ3) is 2.90. The van der Waals surface area contributed by atoms with Gasteiger partial charge in [-0.15, -0.1) is 0 Å². The molecule has 20 heavy (non-hydrogen) atoms. The number of rotatable bonds is 7. The summed E-state index contributed by atoms with van der Waals surface area (Å²) in [6.07, 6.45) is 6.52. The van der Waals surface area contributed by atoms with Crippen LogP contribution in [0.1, 0.15) is 49.7 Å². The Labute approximate surface area is 121 Å². The molecule has 1 aromatic rings. The van der Waals surface area contributed by atoms with E-state index in [2.05, 4.69) is 36.6 Å². The lowest BCUT2D eigenvalue weighted by Crippen LogP contribution is -2.42. The molecule has 0 aromatic heterocycles. The lowest BCUT2D eigenvalue weighted by atomic mass is 9.72. The molecule has 2 atom stereocenters. The van der Waals surface area contributed by atoms with Gasteiger partial charge in [-0.2, -0.15) is 0 Å². The van der Waals surface area contributed by atoms with E-state index < -0.39 is 0 Å². The van der Waals surface area contributed by atoms with Gasteiger partial charge >= 0.3 is 0 Å². The maximum atomic E-state index is 5.76. The van der Waals surface area contributed by atoms with E-state index in [1.54, 1.807) is 0 Å². The normalized spacial score (nSPS) is 29.2. The number of fused-ring (bicyclic) bond motifs is 1. The van der Waals surface area contributed by atoms with Gasteiger partial charge < -0.3 is 4.74 Å². The quantitative estimate of drug-likeness (QED) is 0.594. The molecule has 3 nitrogen and oxygen atoms in total. The third-order valence-corrected chi connectivity index (χ3v) is 4.98. The first kappa shape index (κ1) is 14.1. The maximum Gasteiger partial charge on any atom is 0.0580 e. The summed E-state index contributed by atoms with van der Waals surface area (Å²) in [4.78, 5) is 0. The van der Waals surface area contributed by atoms with Crippen molar-refractivity contribution in [3.63, 3.8) is 0 Å². The van der Waals surface area contributed by atoms with Crippen LogP contribution >= 0.6 is 0 Å². The Kier molecular flexibility index (Phi) is 4.39. The molecule has 1 saturated carbocycles. The molecule has 0 bridgehead atoms. The van der Waals surface area contributed by atoms with Crippen LogP contribution in [0.25, 0.3) is 0 Å². The van der Waals surface area contributed by atoms with Crippen molar-refractivity contribution in [2.45, 2.75) is 57.1 Å². The molecular weight excluding hydrogens is 248 g/mol. The van der Waals surface area contributed by atoms with Gasteiger partial charge in [-0.05, 0) is 62.0 Å². The summed E-state index contributed by atoms with van der Waals surface area (Å²) in [6, 6.07) is 9.24. The van der Waals surface area contributed by atoms with Crippen LogP contribution in [0.5, 0.6) is 0 Å². The Morgan fingerprint density at radius 1 is 1.30 bits per heavy atom. The topological polar surface area (TPSA) is 47.3 Å². The fourth-order valence-electron chi connectivity index (χ4n) is 3.79. The Morgan fingerprint density at radius 3 is 2.80 bits per heavy atom. The number of ether oxygens (including phenoxy) is 1. The molecule has 1 fully saturated rings. The first-order valence-electron chi connectivity index (χ1n) is 7.95. The summed E-state index contributed by atoms with van der Waals surface area (Å²) in [6.45, 7) is 2.92. The van der Waals surface area contributed by atoms with Crippen LogP contribution in [0.15, 0.2) is 24.3 Å². The summed E-state index contributed by atoms with van der Waals surface area (Å²) in [5.41, 5.74) is 6.09. The van der Waals surface area contributed by atoms with Crippen molar-refractivity contribution in [2.24, 2.45) is 11.8 Å². The minimum absolute atomic E-state index is 0.445. The SMILES string of the molecule is CCOC1CC(CC(CC2Cc3ccccc32)NN)C1. The average molecular weight is 274 g/mol. The highest BCUT2D eigenvalue weighted by Crippen LogP contribution is 2.40. The van der Waals surface area contributed by atoms with Crippen molar-refractivity contribution < 1.29 is 4.74 Å². The summed E-state index contributed by atoms with van der Waals surface area (Å²) in [5, 5.41) is 0. The second kappa shape index (κ2) is 6.25. The Hall–Kier alpha value is -0.900. The molecule has 0 saturated heterocycles. The van der Waals surface area contributed by atoms with Gasteiger partial charge in [0.2, 0.25) is 0 Å². The van der Waals surface area contributed by atoms with Gasteiger partial charge in [0, 0.05) is 12.6 Å². The van der Waals surface area contributed by atoms with E-state index in [-0.39, 0.29) is 0 Å². The van der Waals surface area contributed by atoms with Crippen molar-refractivity contribution in [1.29, 1.82) is 0 Å². The van der Waals surface area contributed by atoms with Crippen molar-refractivity contribution in [3.8, 4) is 0 Å². The highest BCUT2D eigenvalue weighted by Gasteiger charge is 2.33. The van der Waals surface area contributed by atoms with Crippen LogP contribution in [0.2, 0.25) is 0 Å². The minimum Gasteiger partial charge on any atom is -0.378 e. The molecule has 2 aliphatic carbocycles. The van der Waals surface area contributed by atoms with Crippen molar-refractivity contribution in [2.75, 3.05) is 6.61 Å². The van der Waals surface area contributed by atoms with Gasteiger partial charge in [0.1, 0.15) is 0 Å². The fraction of sp³-hybridized carbons (Fsp3) is 0.647. The van der Waals surface area contributed by atoms with E-state index in [1.807, 2.05) is 0 Å². The van der Waals surface area contributed by atoms with Crippen LogP contribution in [0.3, 0.4) is 0 Å². The van der Waals surface area contributed by atoms with E-state index in [0.717, 1.165) is 12.5 Å². The Bertz CT molecular complexity index is 442. The molecule has 3 N–H and O–H groups in total. The number of hydrogen-bond donors (Lipinski definition) is 2. The van der Waals surface area contributed by atoms with E-state index in [9.17, 15) is 0 Å². The Balaban J connectivity index is 1.45. The fourth-order valence-corrected chi connectivity index (χ4v) is 3.79. The van der Waals surface area contributed by atoms with Gasteiger partial charge in [-0.3, -0.25) is 11.3 Å². The predicted molar refractivity (Wildman–Crippen MR) is 81.4 cm³/mol. The lowest BCUT2D eigenvalue weighted by molar-refractivity contribution is -0.0294. The molecule has 2 aliphatic rings. The monoisotopic (exact) mass is 274 g/mol. The summed E-state index contributed by atoms with van der Waals surface area (Å²) in [7, 11) is 0. The van der Waals surface area contributed by atoms with Crippen LogP contribution in [0.4, 0.5) is 0 Å². The van der Waals surface area contributed by atoms with Crippen molar-refractivity contribution in [1.82, 2.24) is 5.43 Å². The standard InChI is InChI=1S/C17H26N2O/c1-2-20-16-8-12(9-16)7-15(19-18)11-14-10-13-5-3-4-6-17(13)14/h3-6,12,14-16,19H,2,7-11,18H2,1H3. The van der Waals surface area contributed by atoms with Gasteiger partial charge in [0.15, 0.2) is 0 Å². The van der Waals surface area contributed by atoms with E-state index >= 15 is 0 Å². The van der Waals surface area contributed by atoms with E-state index in [1.165, 1.54) is 43.2 Å². The van der Waals surface area contributed by atoms with Gasteiger partial charge in [-0.25, -0.2) is 0 Å². The summed E-state index contributed by atoms with van der Waals surface area (Å²) in [5.74, 6) is 7.26. The average Bonchev–Trinajstić information content (AvgIpc) is 2.40. The molecule has 0 spiro atoms. The van der Waals surface area contributed by atoms with Crippen molar-refractivity contribution >= 4 is 0 Å². The van der Waals surface area contributed by atoms with E-state index in [4.69, 9.17) is 10.6 Å². The second-order valence-electron chi connectivity index (χ2n) is 6.35. The van der Waals surface area contributed by atoms with Gasteiger partial charge in [0.25, 0.3) is 0 Å². The van der Waals surface area contributed by atoms with Crippen LogP contribution in [0, 0.1) is 5.92 Å². The zero-order valence-corrected chi connectivity index (χ0v) is 12.3. The maximum absolute atomic E-state index is 5.76. The first-order valence-corrected chi connectivity index (χ1v) is 7.95. The number of hydrazine groups is 1. The predicted octanol–water partition coefficient (Wildman–Crippen LogP) is 2.75. The Morgan fingerprint density at radius 2 is 2.10 bits per heavy atom. The smallest absolute Gasteiger partial charge is 0.0580 e. The molecule has 1 aromatic carbocycles. The number of nitrogens with one attached hydrogen (secondary N) is 1. The van der Waals surface area contributed by atoms with Gasteiger partial charge in [0.05, 0.1) is 6.10 Å². The molecule has 110 valence electrons. The van der Waals surface area contributed by atoms with Gasteiger partial charge in [-0.1, -0.05) is 24.3 Å². The minimum atomic E-state index is 0.445. The molecule has 0 heterocycles. The summed E-state index contributed by atoms with van der Waals surface area (Å²) >= 11 is 0. The molecular formula is C17H26N2O. The number of nitrogens with two attached hydrogens (primary N) is 1. The van der Waals surface area contributed by atoms with Crippen molar-refractivity contribution in [3.05, 3.63) is 35.4 Å². The highest BCUT2D eigenvalue weighted by atomic mass is 16.5. The molecule has 0 amide bonds. The molecule has 0 aliphatic heterocycles. The highest BCUT2D eigenvalue weighted by molar-refractivity contribution is 5.39.